The van der Waals surface area contributed by atoms with E-state index in [1.165, 1.54) is 0 Å². The molecule has 1 aromatic rings. The van der Waals surface area contributed by atoms with Crippen LogP contribution in [0.2, 0.25) is 0 Å². The molecule has 2 N–H and O–H groups in total. The first kappa shape index (κ1) is 10.0. The van der Waals surface area contributed by atoms with Crippen molar-refractivity contribution in [2.75, 3.05) is 12.3 Å². The average molecular weight is 205 g/mol. The largest absolute Gasteiger partial charge is 0.492 e. The van der Waals surface area contributed by atoms with E-state index in [1.54, 1.807) is 6.07 Å². The lowest BCUT2D eigenvalue weighted by Crippen LogP contribution is -2.11. The molecular weight excluding hydrogens is 190 g/mol. The second-order valence-electron chi connectivity index (χ2n) is 3.93. The normalized spacial score (nSPS) is 20.3. The molecule has 0 bridgehead atoms. The summed E-state index contributed by atoms with van der Waals surface area (Å²) in [5, 5.41) is 0. The molecule has 1 aliphatic rings. The number of benzene rings is 1. The summed E-state index contributed by atoms with van der Waals surface area (Å²) in [5.74, 6) is 1.05. The zero-order chi connectivity index (χ0) is 10.8. The first-order valence-corrected chi connectivity index (χ1v) is 5.27. The van der Waals surface area contributed by atoms with Crippen molar-refractivity contribution in [1.29, 1.82) is 0 Å². The molecule has 2 rings (SSSR count). The number of carbonyl (C=O) groups is 1. The number of nitrogen functional groups attached to an aromatic ring is 1. The van der Waals surface area contributed by atoms with Crippen molar-refractivity contribution in [2.45, 2.75) is 19.8 Å². The Morgan fingerprint density at radius 3 is 3.07 bits per heavy atom. The second-order valence-corrected chi connectivity index (χ2v) is 3.93. The zero-order valence-electron chi connectivity index (χ0n) is 8.82. The Balaban J connectivity index is 2.40. The maximum Gasteiger partial charge on any atom is 0.169 e. The second kappa shape index (κ2) is 3.93. The topological polar surface area (TPSA) is 52.3 Å². The van der Waals surface area contributed by atoms with E-state index in [2.05, 4.69) is 6.92 Å². The Bertz CT molecular complexity index is 387. The fourth-order valence-corrected chi connectivity index (χ4v) is 1.86. The van der Waals surface area contributed by atoms with Crippen LogP contribution in [0.1, 0.15) is 30.1 Å². The van der Waals surface area contributed by atoms with Gasteiger partial charge in [-0.3, -0.25) is 4.79 Å². The van der Waals surface area contributed by atoms with Crippen LogP contribution in [0.3, 0.4) is 0 Å². The Labute approximate surface area is 89.2 Å². The van der Waals surface area contributed by atoms with Gasteiger partial charge in [0.1, 0.15) is 5.75 Å². The van der Waals surface area contributed by atoms with Gasteiger partial charge in [0.05, 0.1) is 12.2 Å². The number of hydrogen-bond donors (Lipinski definition) is 1. The number of rotatable bonds is 1. The highest BCUT2D eigenvalue weighted by Crippen LogP contribution is 2.31. The summed E-state index contributed by atoms with van der Waals surface area (Å²) >= 11 is 0. The van der Waals surface area contributed by atoms with Crippen molar-refractivity contribution in [1.82, 2.24) is 0 Å². The minimum absolute atomic E-state index is 0.104. The molecule has 3 nitrogen and oxygen atoms in total. The minimum atomic E-state index is 0.104. The van der Waals surface area contributed by atoms with E-state index in [1.807, 2.05) is 12.1 Å². The van der Waals surface area contributed by atoms with E-state index in [0.29, 0.717) is 35.9 Å². The zero-order valence-corrected chi connectivity index (χ0v) is 8.82. The van der Waals surface area contributed by atoms with E-state index in [4.69, 9.17) is 10.5 Å². The average Bonchev–Trinajstić information content (AvgIpc) is 2.39. The molecule has 1 aliphatic heterocycles. The number of nitrogens with two attached hydrogens (primary N) is 1. The van der Waals surface area contributed by atoms with E-state index in [0.717, 1.165) is 6.42 Å². The molecule has 0 aromatic heterocycles. The van der Waals surface area contributed by atoms with E-state index >= 15 is 0 Å². The number of Topliss-reactive ketones (excluding diaryl/α,β-unsaturated/α-hetero) is 1. The van der Waals surface area contributed by atoms with Crippen LogP contribution in [-0.4, -0.2) is 12.4 Å². The number of fused-ring (bicyclic) bond motifs is 1. The summed E-state index contributed by atoms with van der Waals surface area (Å²) in [6.07, 6.45) is 1.50. The van der Waals surface area contributed by atoms with E-state index in [9.17, 15) is 4.79 Å². The smallest absolute Gasteiger partial charge is 0.169 e. The molecule has 0 amide bonds. The lowest BCUT2D eigenvalue weighted by molar-refractivity contribution is 0.0961. The van der Waals surface area contributed by atoms with Crippen LogP contribution in [-0.2, 0) is 0 Å². The van der Waals surface area contributed by atoms with Crippen LogP contribution in [0, 0.1) is 5.92 Å². The lowest BCUT2D eigenvalue weighted by atomic mass is 9.97. The fourth-order valence-electron chi connectivity index (χ4n) is 1.86. The predicted molar refractivity (Wildman–Crippen MR) is 59.1 cm³/mol. The van der Waals surface area contributed by atoms with Gasteiger partial charge >= 0.3 is 0 Å². The van der Waals surface area contributed by atoms with Gasteiger partial charge in [-0.05, 0) is 24.5 Å². The SMILES string of the molecule is CC[C@H]1COc2cccc(N)c2C(=O)C1. The molecule has 0 saturated heterocycles. The minimum Gasteiger partial charge on any atom is -0.492 e. The summed E-state index contributed by atoms with van der Waals surface area (Å²) in [7, 11) is 0. The summed E-state index contributed by atoms with van der Waals surface area (Å²) in [4.78, 5) is 11.9. The third kappa shape index (κ3) is 1.82. The molecule has 80 valence electrons. The Morgan fingerprint density at radius 2 is 2.33 bits per heavy atom. The van der Waals surface area contributed by atoms with Crippen molar-refractivity contribution in [3.63, 3.8) is 0 Å². The number of ether oxygens (including phenoxy) is 1. The van der Waals surface area contributed by atoms with Gasteiger partial charge in [-0.2, -0.15) is 0 Å². The Hall–Kier alpha value is -1.51. The molecular formula is C12H15NO2. The molecule has 0 fully saturated rings. The summed E-state index contributed by atoms with van der Waals surface area (Å²) < 4.78 is 5.60. The van der Waals surface area contributed by atoms with Crippen molar-refractivity contribution >= 4 is 11.5 Å². The van der Waals surface area contributed by atoms with Crippen molar-refractivity contribution in [2.24, 2.45) is 5.92 Å². The molecule has 0 radical (unpaired) electrons. The van der Waals surface area contributed by atoms with Crippen LogP contribution in [0.5, 0.6) is 5.75 Å². The number of anilines is 1. The molecule has 0 saturated carbocycles. The molecule has 0 spiro atoms. The van der Waals surface area contributed by atoms with Gasteiger partial charge in [-0.15, -0.1) is 0 Å². The third-order valence-electron chi connectivity index (χ3n) is 2.86. The highest BCUT2D eigenvalue weighted by Gasteiger charge is 2.24. The molecule has 1 heterocycles. The van der Waals surface area contributed by atoms with Crippen LogP contribution in [0.25, 0.3) is 0 Å². The van der Waals surface area contributed by atoms with Crippen LogP contribution < -0.4 is 10.5 Å². The molecule has 1 aromatic carbocycles. The Morgan fingerprint density at radius 1 is 1.53 bits per heavy atom. The van der Waals surface area contributed by atoms with Gasteiger partial charge in [0.2, 0.25) is 0 Å². The summed E-state index contributed by atoms with van der Waals surface area (Å²) in [6.45, 7) is 2.68. The first-order valence-electron chi connectivity index (χ1n) is 5.27. The lowest BCUT2D eigenvalue weighted by Gasteiger charge is -2.09. The van der Waals surface area contributed by atoms with Crippen molar-refractivity contribution in [3.05, 3.63) is 23.8 Å². The van der Waals surface area contributed by atoms with Gasteiger partial charge in [0.25, 0.3) is 0 Å². The van der Waals surface area contributed by atoms with Gasteiger partial charge in [-0.25, -0.2) is 0 Å². The maximum absolute atomic E-state index is 11.9. The van der Waals surface area contributed by atoms with Crippen LogP contribution in [0.15, 0.2) is 18.2 Å². The van der Waals surface area contributed by atoms with Crippen LogP contribution >= 0.6 is 0 Å². The molecule has 15 heavy (non-hydrogen) atoms. The summed E-state index contributed by atoms with van der Waals surface area (Å²) in [6, 6.07) is 5.36. The standard InChI is InChI=1S/C12H15NO2/c1-2-8-6-10(14)12-9(13)4-3-5-11(12)15-7-8/h3-5,8H,2,6-7,13H2,1H3/t8-/m1/s1. The van der Waals surface area contributed by atoms with E-state index < -0.39 is 0 Å². The van der Waals surface area contributed by atoms with Gasteiger partial charge in [-0.1, -0.05) is 13.0 Å². The van der Waals surface area contributed by atoms with E-state index in [-0.39, 0.29) is 5.78 Å². The van der Waals surface area contributed by atoms with Gasteiger partial charge < -0.3 is 10.5 Å². The number of carbonyl (C=O) groups excluding carboxylic acids is 1. The molecule has 3 heteroatoms. The quantitative estimate of drug-likeness (QED) is 0.715. The third-order valence-corrected chi connectivity index (χ3v) is 2.86. The van der Waals surface area contributed by atoms with Crippen molar-refractivity contribution in [3.8, 4) is 5.75 Å². The molecule has 1 atom stereocenters. The van der Waals surface area contributed by atoms with Crippen molar-refractivity contribution < 1.29 is 9.53 Å². The first-order chi connectivity index (χ1) is 7.22. The fraction of sp³-hybridized carbons (Fsp3) is 0.417. The molecule has 0 aliphatic carbocycles. The Kier molecular flexibility index (Phi) is 2.62. The van der Waals surface area contributed by atoms with Gasteiger partial charge in [0.15, 0.2) is 5.78 Å². The maximum atomic E-state index is 11.9. The van der Waals surface area contributed by atoms with Gasteiger partial charge in [0, 0.05) is 12.1 Å². The highest BCUT2D eigenvalue weighted by molar-refractivity contribution is 6.03. The predicted octanol–water partition coefficient (Wildman–Crippen LogP) is 2.26. The van der Waals surface area contributed by atoms with Crippen LogP contribution in [0.4, 0.5) is 5.69 Å². The summed E-state index contributed by atoms with van der Waals surface area (Å²) in [5.41, 5.74) is 6.87. The molecule has 0 unspecified atom stereocenters. The highest BCUT2D eigenvalue weighted by atomic mass is 16.5. The number of ketones is 1. The number of hydrogen-bond acceptors (Lipinski definition) is 3. The monoisotopic (exact) mass is 205 g/mol.